The summed E-state index contributed by atoms with van der Waals surface area (Å²) in [4.78, 5) is 14.4. The first-order valence-corrected chi connectivity index (χ1v) is 7.57. The molecule has 2 heterocycles. The molecule has 0 saturated carbocycles. The number of morpholine rings is 1. The number of rotatable bonds is 5. The summed E-state index contributed by atoms with van der Waals surface area (Å²) in [6.07, 6.45) is 2.97. The predicted molar refractivity (Wildman–Crippen MR) is 75.1 cm³/mol. The Morgan fingerprint density at radius 1 is 1.42 bits per heavy atom. The summed E-state index contributed by atoms with van der Waals surface area (Å²) < 4.78 is 5.32. The summed E-state index contributed by atoms with van der Waals surface area (Å²) in [5.74, 6) is 0.454. The summed E-state index contributed by atoms with van der Waals surface area (Å²) in [6.45, 7) is 8.73. The fourth-order valence-electron chi connectivity index (χ4n) is 2.85. The molecule has 0 bridgehead atoms. The second-order valence-corrected chi connectivity index (χ2v) is 5.68. The van der Waals surface area contributed by atoms with Crippen LogP contribution in [-0.4, -0.2) is 62.8 Å². The molecular weight excluding hydrogens is 242 g/mol. The highest BCUT2D eigenvalue weighted by Gasteiger charge is 2.24. The molecule has 0 spiro atoms. The maximum atomic E-state index is 12.0. The lowest BCUT2D eigenvalue weighted by Crippen LogP contribution is -2.43. The zero-order chi connectivity index (χ0) is 13.5. The Balaban J connectivity index is 1.55. The molecule has 2 atom stereocenters. The van der Waals surface area contributed by atoms with Gasteiger partial charge < -0.3 is 15.4 Å². The van der Waals surface area contributed by atoms with Crippen molar-refractivity contribution < 1.29 is 9.53 Å². The van der Waals surface area contributed by atoms with Gasteiger partial charge in [0.1, 0.15) is 0 Å². The molecule has 0 radical (unpaired) electrons. The number of piperidine rings is 1. The Bertz CT molecular complexity index is 280. The van der Waals surface area contributed by atoms with Crippen molar-refractivity contribution in [3.8, 4) is 0 Å². The van der Waals surface area contributed by atoms with E-state index >= 15 is 0 Å². The summed E-state index contributed by atoms with van der Waals surface area (Å²) in [5, 5.41) is 6.47. The van der Waals surface area contributed by atoms with Gasteiger partial charge in [-0.25, -0.2) is 0 Å². The summed E-state index contributed by atoms with van der Waals surface area (Å²) in [7, 11) is 0. The van der Waals surface area contributed by atoms with E-state index < -0.39 is 0 Å². The Morgan fingerprint density at radius 2 is 2.21 bits per heavy atom. The third-order valence-electron chi connectivity index (χ3n) is 4.05. The minimum absolute atomic E-state index is 0.208. The van der Waals surface area contributed by atoms with Crippen molar-refractivity contribution in [1.29, 1.82) is 0 Å². The summed E-state index contributed by atoms with van der Waals surface area (Å²) >= 11 is 0. The average molecular weight is 269 g/mol. The van der Waals surface area contributed by atoms with Gasteiger partial charge in [0.25, 0.3) is 0 Å². The molecule has 2 rings (SSSR count). The molecule has 2 aliphatic heterocycles. The van der Waals surface area contributed by atoms with Gasteiger partial charge in [0.15, 0.2) is 0 Å². The fourth-order valence-corrected chi connectivity index (χ4v) is 2.85. The van der Waals surface area contributed by atoms with Crippen molar-refractivity contribution in [1.82, 2.24) is 15.5 Å². The molecule has 110 valence electrons. The van der Waals surface area contributed by atoms with Crippen LogP contribution in [0.15, 0.2) is 0 Å². The highest BCUT2D eigenvalue weighted by atomic mass is 16.5. The monoisotopic (exact) mass is 269 g/mol. The van der Waals surface area contributed by atoms with Gasteiger partial charge in [-0.1, -0.05) is 0 Å². The van der Waals surface area contributed by atoms with Crippen LogP contribution in [0.4, 0.5) is 0 Å². The lowest BCUT2D eigenvalue weighted by atomic mass is 9.92. The van der Waals surface area contributed by atoms with Gasteiger partial charge in [0.05, 0.1) is 13.2 Å². The molecule has 0 aliphatic carbocycles. The van der Waals surface area contributed by atoms with E-state index in [4.69, 9.17) is 4.74 Å². The molecule has 2 saturated heterocycles. The number of hydrogen-bond acceptors (Lipinski definition) is 4. The van der Waals surface area contributed by atoms with Crippen molar-refractivity contribution >= 4 is 5.91 Å². The van der Waals surface area contributed by atoms with Crippen molar-refractivity contribution in [3.63, 3.8) is 0 Å². The first-order chi connectivity index (χ1) is 9.25. The number of ether oxygens (including phenoxy) is 1. The van der Waals surface area contributed by atoms with Gasteiger partial charge in [0.2, 0.25) is 5.91 Å². The topological polar surface area (TPSA) is 53.6 Å². The normalized spacial score (nSPS) is 29.1. The maximum absolute atomic E-state index is 12.0. The zero-order valence-electron chi connectivity index (χ0n) is 12.0. The first-order valence-electron chi connectivity index (χ1n) is 7.57. The molecule has 2 fully saturated rings. The van der Waals surface area contributed by atoms with Crippen LogP contribution in [-0.2, 0) is 9.53 Å². The van der Waals surface area contributed by atoms with E-state index in [2.05, 4.69) is 22.5 Å². The van der Waals surface area contributed by atoms with Crippen LogP contribution in [0.2, 0.25) is 0 Å². The summed E-state index contributed by atoms with van der Waals surface area (Å²) in [6, 6.07) is 0.470. The summed E-state index contributed by atoms with van der Waals surface area (Å²) in [5.41, 5.74) is 0. The minimum Gasteiger partial charge on any atom is -0.379 e. The third kappa shape index (κ3) is 5.09. The van der Waals surface area contributed by atoms with E-state index in [9.17, 15) is 4.79 Å². The molecule has 5 nitrogen and oxygen atoms in total. The first kappa shape index (κ1) is 14.8. The van der Waals surface area contributed by atoms with Gasteiger partial charge in [-0.3, -0.25) is 9.69 Å². The quantitative estimate of drug-likeness (QED) is 0.701. The zero-order valence-corrected chi connectivity index (χ0v) is 12.0. The highest BCUT2D eigenvalue weighted by molar-refractivity contribution is 5.78. The molecular formula is C14H27N3O2. The van der Waals surface area contributed by atoms with E-state index in [1.54, 1.807) is 0 Å². The Hall–Kier alpha value is -0.650. The molecule has 2 aliphatic rings. The molecule has 1 amide bonds. The van der Waals surface area contributed by atoms with Gasteiger partial charge in [-0.05, 0) is 39.3 Å². The number of amides is 1. The third-order valence-corrected chi connectivity index (χ3v) is 4.05. The molecule has 5 heteroatoms. The van der Waals surface area contributed by atoms with Crippen molar-refractivity contribution in [2.75, 3.05) is 45.9 Å². The number of nitrogens with zero attached hydrogens (tertiary/aromatic N) is 1. The van der Waals surface area contributed by atoms with Crippen LogP contribution >= 0.6 is 0 Å². The lowest BCUT2D eigenvalue weighted by Gasteiger charge is -2.28. The standard InChI is InChI=1S/C14H27N3O2/c1-12-11-13(3-5-15-12)14(18)16-4-2-6-17-7-9-19-10-8-17/h12-13,15H,2-11H2,1H3,(H,16,18)/t12-,13-/m0/s1. The molecule has 0 aromatic rings. The Morgan fingerprint density at radius 3 is 2.95 bits per heavy atom. The van der Waals surface area contributed by atoms with Crippen LogP contribution in [0.1, 0.15) is 26.2 Å². The number of carbonyl (C=O) groups is 1. The Kier molecular flexibility index (Phi) is 6.07. The van der Waals surface area contributed by atoms with Crippen molar-refractivity contribution in [2.45, 2.75) is 32.2 Å². The number of nitrogens with one attached hydrogen (secondary N) is 2. The maximum Gasteiger partial charge on any atom is 0.223 e. The van der Waals surface area contributed by atoms with E-state index in [0.717, 1.165) is 65.2 Å². The van der Waals surface area contributed by atoms with Gasteiger partial charge >= 0.3 is 0 Å². The van der Waals surface area contributed by atoms with Crippen molar-refractivity contribution in [2.24, 2.45) is 5.92 Å². The predicted octanol–water partition coefficient (Wildman–Crippen LogP) is 0.213. The fraction of sp³-hybridized carbons (Fsp3) is 0.929. The average Bonchev–Trinajstić information content (AvgIpc) is 2.44. The van der Waals surface area contributed by atoms with Crippen LogP contribution in [0.3, 0.4) is 0 Å². The number of hydrogen-bond donors (Lipinski definition) is 2. The van der Waals surface area contributed by atoms with Crippen LogP contribution < -0.4 is 10.6 Å². The van der Waals surface area contributed by atoms with Gasteiger partial charge in [-0.15, -0.1) is 0 Å². The molecule has 19 heavy (non-hydrogen) atoms. The van der Waals surface area contributed by atoms with E-state index in [0.29, 0.717) is 6.04 Å². The van der Waals surface area contributed by atoms with Crippen LogP contribution in [0.25, 0.3) is 0 Å². The molecule has 0 unspecified atom stereocenters. The van der Waals surface area contributed by atoms with Crippen molar-refractivity contribution in [3.05, 3.63) is 0 Å². The number of carbonyl (C=O) groups excluding carboxylic acids is 1. The van der Waals surface area contributed by atoms with Crippen LogP contribution in [0, 0.1) is 5.92 Å². The second kappa shape index (κ2) is 7.82. The SMILES string of the molecule is C[C@H]1C[C@@H](C(=O)NCCCN2CCOCC2)CCN1. The van der Waals surface area contributed by atoms with Gasteiger partial charge in [0, 0.05) is 31.6 Å². The van der Waals surface area contributed by atoms with E-state index in [1.807, 2.05) is 0 Å². The highest BCUT2D eigenvalue weighted by Crippen LogP contribution is 2.15. The van der Waals surface area contributed by atoms with E-state index in [-0.39, 0.29) is 11.8 Å². The smallest absolute Gasteiger partial charge is 0.223 e. The largest absolute Gasteiger partial charge is 0.379 e. The lowest BCUT2D eigenvalue weighted by molar-refractivity contribution is -0.126. The second-order valence-electron chi connectivity index (χ2n) is 5.68. The van der Waals surface area contributed by atoms with Crippen LogP contribution in [0.5, 0.6) is 0 Å². The molecule has 0 aromatic heterocycles. The molecule has 0 aromatic carbocycles. The minimum atomic E-state index is 0.208. The van der Waals surface area contributed by atoms with Gasteiger partial charge in [-0.2, -0.15) is 0 Å². The Labute approximate surface area is 116 Å². The molecule has 2 N–H and O–H groups in total. The van der Waals surface area contributed by atoms with E-state index in [1.165, 1.54) is 0 Å².